The van der Waals surface area contributed by atoms with E-state index in [1.54, 1.807) is 12.1 Å². The first kappa shape index (κ1) is 19.7. The number of carbonyl (C=O) groups is 2. The van der Waals surface area contributed by atoms with Gasteiger partial charge in [-0.15, -0.1) is 0 Å². The van der Waals surface area contributed by atoms with Crippen LogP contribution in [0.4, 0.5) is 5.69 Å². The second-order valence-electron chi connectivity index (χ2n) is 6.85. The summed E-state index contributed by atoms with van der Waals surface area (Å²) < 4.78 is 0. The van der Waals surface area contributed by atoms with Crippen LogP contribution < -0.4 is 16.5 Å². The van der Waals surface area contributed by atoms with Crippen LogP contribution in [0.3, 0.4) is 0 Å². The Hall–Kier alpha value is -3.03. The van der Waals surface area contributed by atoms with Crippen LogP contribution in [0, 0.1) is 0 Å². The van der Waals surface area contributed by atoms with Crippen LogP contribution in [-0.2, 0) is 24.4 Å². The van der Waals surface area contributed by atoms with Gasteiger partial charge in [-0.2, -0.15) is 0 Å². The minimum Gasteiger partial charge on any atom is -0.396 e. The summed E-state index contributed by atoms with van der Waals surface area (Å²) in [5, 5.41) is 22.3. The normalized spacial score (nSPS) is 15.2. The van der Waals surface area contributed by atoms with E-state index in [1.807, 2.05) is 0 Å². The summed E-state index contributed by atoms with van der Waals surface area (Å²) in [5.74, 6) is -0.239. The summed E-state index contributed by atoms with van der Waals surface area (Å²) in [6.45, 7) is 0.680. The van der Waals surface area contributed by atoms with Gasteiger partial charge in [0.2, 0.25) is 11.3 Å². The molecule has 1 aliphatic rings. The van der Waals surface area contributed by atoms with Gasteiger partial charge in [-0.25, -0.2) is 0 Å². The highest BCUT2D eigenvalue weighted by atomic mass is 16.3. The highest BCUT2D eigenvalue weighted by molar-refractivity contribution is 5.93. The number of aldehydes is 1. The summed E-state index contributed by atoms with van der Waals surface area (Å²) in [4.78, 5) is 36.0. The molecule has 0 spiro atoms. The van der Waals surface area contributed by atoms with Crippen molar-refractivity contribution in [3.05, 3.63) is 62.3 Å². The summed E-state index contributed by atoms with van der Waals surface area (Å²) in [6.07, 6.45) is 1.67. The predicted molar refractivity (Wildman–Crippen MR) is 105 cm³/mol. The van der Waals surface area contributed by atoms with Crippen LogP contribution in [-0.4, -0.2) is 22.4 Å². The lowest BCUT2D eigenvalue weighted by Crippen LogP contribution is -2.26. The maximum Gasteiger partial charge on any atom is 0.217 e. The molecule has 5 N–H and O–H groups in total. The number of anilines is 1. The Morgan fingerprint density at radius 2 is 2.04 bits per heavy atom. The van der Waals surface area contributed by atoms with E-state index in [0.717, 1.165) is 5.56 Å². The highest BCUT2D eigenvalue weighted by Gasteiger charge is 2.27. The Morgan fingerprint density at radius 1 is 1.29 bits per heavy atom. The summed E-state index contributed by atoms with van der Waals surface area (Å²) in [7, 11) is 0. The molecule has 3 rings (SSSR count). The molecule has 0 saturated carbocycles. The largest absolute Gasteiger partial charge is 0.396 e. The zero-order valence-corrected chi connectivity index (χ0v) is 15.5. The van der Waals surface area contributed by atoms with Gasteiger partial charge in [0, 0.05) is 12.5 Å². The number of rotatable bonds is 4. The van der Waals surface area contributed by atoms with E-state index < -0.39 is 12.6 Å². The fraction of sp³-hybridized carbons (Fsp3) is 0.286. The van der Waals surface area contributed by atoms with Gasteiger partial charge in [0.1, 0.15) is 0 Å². The van der Waals surface area contributed by atoms with Crippen LogP contribution in [0.2, 0.25) is 0 Å². The Balaban J connectivity index is 2.43. The monoisotopic (exact) mass is 382 g/mol. The average molecular weight is 382 g/mol. The second kappa shape index (κ2) is 7.92. The first-order valence-corrected chi connectivity index (χ1v) is 8.97. The molecule has 0 bridgehead atoms. The van der Waals surface area contributed by atoms with E-state index in [2.05, 4.69) is 5.32 Å². The second-order valence-corrected chi connectivity index (χ2v) is 6.85. The molecule has 0 radical (unpaired) electrons. The maximum absolute atomic E-state index is 12.3. The van der Waals surface area contributed by atoms with Gasteiger partial charge in [0.15, 0.2) is 6.29 Å². The summed E-state index contributed by atoms with van der Waals surface area (Å²) in [5.41, 5.74) is 9.14. The van der Waals surface area contributed by atoms with Gasteiger partial charge in [0.05, 0.1) is 24.9 Å². The number of fused-ring (bicyclic) bond motifs is 3. The number of carbonyl (C=O) groups excluding carboxylic acids is 2. The molecule has 0 aromatic heterocycles. The average Bonchev–Trinajstić information content (AvgIpc) is 2.90. The Labute approximate surface area is 161 Å². The van der Waals surface area contributed by atoms with Crippen molar-refractivity contribution in [3.63, 3.8) is 0 Å². The van der Waals surface area contributed by atoms with E-state index in [0.29, 0.717) is 46.9 Å². The number of hydrogen-bond acceptors (Lipinski definition) is 6. The summed E-state index contributed by atoms with van der Waals surface area (Å²) >= 11 is 0. The van der Waals surface area contributed by atoms with E-state index in [9.17, 15) is 24.6 Å². The fourth-order valence-electron chi connectivity index (χ4n) is 3.86. The third kappa shape index (κ3) is 3.42. The number of aliphatic hydroxyl groups excluding tert-OH is 2. The van der Waals surface area contributed by atoms with Gasteiger partial charge in [-0.05, 0) is 58.4 Å². The topological polar surface area (TPSA) is 130 Å². The molecule has 2 aromatic carbocycles. The van der Waals surface area contributed by atoms with Gasteiger partial charge < -0.3 is 21.3 Å². The number of nitrogens with two attached hydrogens (primary N) is 1. The van der Waals surface area contributed by atoms with E-state index >= 15 is 0 Å². The van der Waals surface area contributed by atoms with Gasteiger partial charge in [-0.3, -0.25) is 14.4 Å². The van der Waals surface area contributed by atoms with Crippen molar-refractivity contribution in [2.75, 3.05) is 5.73 Å². The number of hydrogen-bond donors (Lipinski definition) is 4. The zero-order chi connectivity index (χ0) is 20.4. The molecule has 0 saturated heterocycles. The zero-order valence-electron chi connectivity index (χ0n) is 15.5. The SMILES string of the molecule is CC(=O)N[C@H]1CCc2cc(CO)c(CO)c(C=O)c2-c2ccc(N)c(=O)cc21. The first-order chi connectivity index (χ1) is 13.4. The number of benzene rings is 1. The Kier molecular flexibility index (Phi) is 5.58. The Bertz CT molecular complexity index is 1020. The molecule has 28 heavy (non-hydrogen) atoms. The van der Waals surface area contributed by atoms with Gasteiger partial charge in [0.25, 0.3) is 0 Å². The van der Waals surface area contributed by atoms with Crippen LogP contribution in [0.15, 0.2) is 29.1 Å². The van der Waals surface area contributed by atoms with Crippen LogP contribution in [0.25, 0.3) is 11.1 Å². The highest BCUT2D eigenvalue weighted by Crippen LogP contribution is 2.40. The van der Waals surface area contributed by atoms with Crippen LogP contribution in [0.5, 0.6) is 0 Å². The molecule has 7 nitrogen and oxygen atoms in total. The minimum atomic E-state index is -0.436. The van der Waals surface area contributed by atoms with Crippen LogP contribution >= 0.6 is 0 Å². The molecule has 1 amide bonds. The lowest BCUT2D eigenvalue weighted by molar-refractivity contribution is -0.119. The van der Waals surface area contributed by atoms with E-state index in [4.69, 9.17) is 5.73 Å². The minimum absolute atomic E-state index is 0.0539. The van der Waals surface area contributed by atoms with Crippen molar-refractivity contribution in [2.24, 2.45) is 0 Å². The van der Waals surface area contributed by atoms with Crippen molar-refractivity contribution in [2.45, 2.75) is 39.0 Å². The van der Waals surface area contributed by atoms with Gasteiger partial charge in [-0.1, -0.05) is 12.1 Å². The van der Waals surface area contributed by atoms with Crippen molar-refractivity contribution in [3.8, 4) is 11.1 Å². The fourth-order valence-corrected chi connectivity index (χ4v) is 3.86. The van der Waals surface area contributed by atoms with Crippen molar-refractivity contribution in [1.29, 1.82) is 0 Å². The molecule has 0 aliphatic heterocycles. The number of aryl methyl sites for hydroxylation is 1. The van der Waals surface area contributed by atoms with E-state index in [-0.39, 0.29) is 29.2 Å². The number of nitrogen functional groups attached to an aromatic ring is 1. The predicted octanol–water partition coefficient (Wildman–Crippen LogP) is 1.22. The van der Waals surface area contributed by atoms with Crippen molar-refractivity contribution in [1.82, 2.24) is 5.32 Å². The molecule has 1 atom stereocenters. The molecule has 1 aliphatic carbocycles. The van der Waals surface area contributed by atoms with Crippen molar-refractivity contribution < 1.29 is 19.8 Å². The third-order valence-corrected chi connectivity index (χ3v) is 5.13. The molecule has 0 unspecified atom stereocenters. The first-order valence-electron chi connectivity index (χ1n) is 8.97. The molecular weight excluding hydrogens is 360 g/mol. The number of nitrogens with one attached hydrogen (secondary N) is 1. The molecule has 2 aromatic rings. The smallest absolute Gasteiger partial charge is 0.217 e. The standard InChI is InChI=1S/C21H22N2O5/c1-11(27)23-19-5-2-12-6-13(8-24)16(9-25)17(10-26)21(12)14-3-4-18(22)20(28)7-15(14)19/h3-4,6-7,10,19,24-25H,2,5,8-9H2,1H3,(H2,22,28)(H,23,27)/t19-/m0/s1. The molecule has 0 fully saturated rings. The molecule has 0 heterocycles. The van der Waals surface area contributed by atoms with Crippen molar-refractivity contribution >= 4 is 17.9 Å². The van der Waals surface area contributed by atoms with E-state index in [1.165, 1.54) is 19.1 Å². The third-order valence-electron chi connectivity index (χ3n) is 5.13. The quantitative estimate of drug-likeness (QED) is 0.588. The summed E-state index contributed by atoms with van der Waals surface area (Å²) in [6, 6.07) is 5.87. The molecule has 7 heteroatoms. The lowest BCUT2D eigenvalue weighted by atomic mass is 9.87. The van der Waals surface area contributed by atoms with Gasteiger partial charge >= 0.3 is 0 Å². The Morgan fingerprint density at radius 3 is 2.64 bits per heavy atom. The lowest BCUT2D eigenvalue weighted by Gasteiger charge is -2.18. The number of amides is 1. The molecular formula is C21H22N2O5. The molecule has 146 valence electrons. The number of aliphatic hydroxyl groups is 2. The van der Waals surface area contributed by atoms with Crippen LogP contribution in [0.1, 0.15) is 52.0 Å². The maximum atomic E-state index is 12.3.